The second-order valence-electron chi connectivity index (χ2n) is 4.99. The Morgan fingerprint density at radius 3 is 2.78 bits per heavy atom. The van der Waals surface area contributed by atoms with Crippen molar-refractivity contribution in [2.45, 2.75) is 18.6 Å². The van der Waals surface area contributed by atoms with Gasteiger partial charge in [0.15, 0.2) is 0 Å². The number of nitrogens with zero attached hydrogens (tertiary/aromatic N) is 1. The fourth-order valence-electron chi connectivity index (χ4n) is 2.05. The summed E-state index contributed by atoms with van der Waals surface area (Å²) in [5.74, 6) is 1.05. The molecule has 1 aliphatic rings. The summed E-state index contributed by atoms with van der Waals surface area (Å²) in [5.41, 5.74) is 0.650. The van der Waals surface area contributed by atoms with Gasteiger partial charge >= 0.3 is 0 Å². The quantitative estimate of drug-likeness (QED) is 0.762. The van der Waals surface area contributed by atoms with Gasteiger partial charge in [-0.25, -0.2) is 0 Å². The molecule has 1 aromatic carbocycles. The number of carbonyl (C=O) groups is 1. The summed E-state index contributed by atoms with van der Waals surface area (Å²) >= 11 is 11.3. The van der Waals surface area contributed by atoms with Gasteiger partial charge in [-0.3, -0.25) is 4.79 Å². The molecular formula is C13H15BrClNOS. The molecule has 5 heteroatoms. The molecule has 0 unspecified atom stereocenters. The Morgan fingerprint density at radius 2 is 2.17 bits per heavy atom. The Bertz CT molecular complexity index is 458. The van der Waals surface area contributed by atoms with E-state index in [4.69, 9.17) is 11.6 Å². The van der Waals surface area contributed by atoms with Crippen molar-refractivity contribution in [3.63, 3.8) is 0 Å². The average molecular weight is 349 g/mol. The molecule has 0 spiro atoms. The molecule has 2 rings (SSSR count). The fourth-order valence-corrected chi connectivity index (χ4v) is 4.02. The van der Waals surface area contributed by atoms with Crippen molar-refractivity contribution in [1.29, 1.82) is 0 Å². The van der Waals surface area contributed by atoms with Crippen LogP contribution in [-0.2, 0) is 0 Å². The van der Waals surface area contributed by atoms with Crippen LogP contribution in [0.5, 0.6) is 0 Å². The summed E-state index contributed by atoms with van der Waals surface area (Å²) in [6.07, 6.45) is 0. The molecule has 98 valence electrons. The van der Waals surface area contributed by atoms with Crippen molar-refractivity contribution in [2.75, 3.05) is 18.8 Å². The number of hydrogen-bond donors (Lipinski definition) is 0. The van der Waals surface area contributed by atoms with Crippen LogP contribution in [0.1, 0.15) is 24.2 Å². The van der Waals surface area contributed by atoms with Crippen molar-refractivity contribution >= 4 is 45.2 Å². The number of benzene rings is 1. The largest absolute Gasteiger partial charge is 0.336 e. The summed E-state index contributed by atoms with van der Waals surface area (Å²) < 4.78 is 0.966. The summed E-state index contributed by atoms with van der Waals surface area (Å²) in [4.78, 5) is 14.3. The minimum Gasteiger partial charge on any atom is -0.336 e. The highest BCUT2D eigenvalue weighted by Crippen LogP contribution is 2.30. The number of carbonyl (C=O) groups excluding carboxylic acids is 1. The highest BCUT2D eigenvalue weighted by atomic mass is 79.9. The average Bonchev–Trinajstić information content (AvgIpc) is 2.25. The molecule has 0 N–H and O–H groups in total. The van der Waals surface area contributed by atoms with Gasteiger partial charge in [0.2, 0.25) is 0 Å². The maximum Gasteiger partial charge on any atom is 0.254 e. The molecule has 1 aromatic rings. The lowest BCUT2D eigenvalue weighted by molar-refractivity contribution is 0.0748. The second kappa shape index (κ2) is 5.43. The van der Waals surface area contributed by atoms with E-state index in [0.29, 0.717) is 10.6 Å². The van der Waals surface area contributed by atoms with Crippen LogP contribution in [0.15, 0.2) is 22.7 Å². The van der Waals surface area contributed by atoms with Gasteiger partial charge in [0, 0.05) is 38.6 Å². The standard InChI is InChI=1S/C13H15BrClNOS/c1-13(2)8-16(3-4-18-13)12(17)9-5-10(14)7-11(15)6-9/h5-7H,3-4,8H2,1-2H3. The molecule has 0 radical (unpaired) electrons. The lowest BCUT2D eigenvalue weighted by atomic mass is 10.1. The van der Waals surface area contributed by atoms with E-state index in [1.165, 1.54) is 0 Å². The molecular weight excluding hydrogens is 334 g/mol. The highest BCUT2D eigenvalue weighted by molar-refractivity contribution is 9.10. The maximum atomic E-state index is 12.4. The summed E-state index contributed by atoms with van der Waals surface area (Å²) in [7, 11) is 0. The Hall–Kier alpha value is -0.190. The molecule has 1 heterocycles. The van der Waals surface area contributed by atoms with Gasteiger partial charge in [0.25, 0.3) is 5.91 Å². The van der Waals surface area contributed by atoms with E-state index >= 15 is 0 Å². The van der Waals surface area contributed by atoms with E-state index < -0.39 is 0 Å². The van der Waals surface area contributed by atoms with Crippen LogP contribution in [0.3, 0.4) is 0 Å². The van der Waals surface area contributed by atoms with Crippen LogP contribution in [-0.4, -0.2) is 34.4 Å². The lowest BCUT2D eigenvalue weighted by Crippen LogP contribution is -2.46. The van der Waals surface area contributed by atoms with E-state index in [2.05, 4.69) is 29.8 Å². The van der Waals surface area contributed by atoms with E-state index in [1.54, 1.807) is 12.1 Å². The lowest BCUT2D eigenvalue weighted by Gasteiger charge is -2.37. The number of hydrogen-bond acceptors (Lipinski definition) is 2. The molecule has 0 aliphatic carbocycles. The Labute approximate surface area is 125 Å². The molecule has 18 heavy (non-hydrogen) atoms. The van der Waals surface area contributed by atoms with Crippen molar-refractivity contribution < 1.29 is 4.79 Å². The Balaban J connectivity index is 2.20. The maximum absolute atomic E-state index is 12.4. The molecule has 1 saturated heterocycles. The Morgan fingerprint density at radius 1 is 1.44 bits per heavy atom. The SMILES string of the molecule is CC1(C)CN(C(=O)c2cc(Cl)cc(Br)c2)CCS1. The molecule has 2 nitrogen and oxygen atoms in total. The molecule has 0 bridgehead atoms. The van der Waals surface area contributed by atoms with Gasteiger partial charge in [0.1, 0.15) is 0 Å². The van der Waals surface area contributed by atoms with Crippen molar-refractivity contribution in [1.82, 2.24) is 4.90 Å². The van der Waals surface area contributed by atoms with Crippen LogP contribution >= 0.6 is 39.3 Å². The first-order valence-electron chi connectivity index (χ1n) is 5.77. The predicted molar refractivity (Wildman–Crippen MR) is 81.6 cm³/mol. The minimum absolute atomic E-state index is 0.0616. The molecule has 0 atom stereocenters. The van der Waals surface area contributed by atoms with Crippen molar-refractivity contribution in [3.8, 4) is 0 Å². The number of rotatable bonds is 1. The molecule has 0 saturated carbocycles. The Kier molecular flexibility index (Phi) is 4.29. The summed E-state index contributed by atoms with van der Waals surface area (Å²) in [6.45, 7) is 5.92. The van der Waals surface area contributed by atoms with Crippen molar-refractivity contribution in [2.24, 2.45) is 0 Å². The van der Waals surface area contributed by atoms with E-state index in [1.807, 2.05) is 22.7 Å². The monoisotopic (exact) mass is 347 g/mol. The predicted octanol–water partition coefficient (Wildman–Crippen LogP) is 4.07. The normalized spacial score (nSPS) is 18.8. The van der Waals surface area contributed by atoms with Crippen LogP contribution < -0.4 is 0 Å². The van der Waals surface area contributed by atoms with Gasteiger partial charge in [-0.15, -0.1) is 0 Å². The molecule has 1 aliphatic heterocycles. The van der Waals surface area contributed by atoms with Crippen LogP contribution in [0, 0.1) is 0 Å². The number of halogens is 2. The topological polar surface area (TPSA) is 20.3 Å². The zero-order valence-corrected chi connectivity index (χ0v) is 13.5. The third-order valence-electron chi connectivity index (χ3n) is 2.82. The molecule has 1 amide bonds. The summed E-state index contributed by atoms with van der Waals surface area (Å²) in [5, 5.41) is 0.582. The third-order valence-corrected chi connectivity index (χ3v) is 4.80. The fraction of sp³-hybridized carbons (Fsp3) is 0.462. The van der Waals surface area contributed by atoms with Gasteiger partial charge in [-0.1, -0.05) is 27.5 Å². The zero-order valence-electron chi connectivity index (χ0n) is 10.4. The van der Waals surface area contributed by atoms with E-state index in [-0.39, 0.29) is 10.7 Å². The number of thioether (sulfide) groups is 1. The highest BCUT2D eigenvalue weighted by Gasteiger charge is 2.30. The third kappa shape index (κ3) is 3.43. The van der Waals surface area contributed by atoms with E-state index in [0.717, 1.165) is 23.3 Å². The van der Waals surface area contributed by atoms with Gasteiger partial charge in [0.05, 0.1) is 0 Å². The van der Waals surface area contributed by atoms with E-state index in [9.17, 15) is 4.79 Å². The first-order chi connectivity index (χ1) is 8.37. The van der Waals surface area contributed by atoms with Gasteiger partial charge in [-0.2, -0.15) is 11.8 Å². The smallest absolute Gasteiger partial charge is 0.254 e. The van der Waals surface area contributed by atoms with Gasteiger partial charge < -0.3 is 4.90 Å². The van der Waals surface area contributed by atoms with Crippen LogP contribution in [0.2, 0.25) is 5.02 Å². The molecule has 1 fully saturated rings. The molecule has 0 aromatic heterocycles. The van der Waals surface area contributed by atoms with Crippen LogP contribution in [0.4, 0.5) is 0 Å². The van der Waals surface area contributed by atoms with Gasteiger partial charge in [-0.05, 0) is 32.0 Å². The number of amides is 1. The second-order valence-corrected chi connectivity index (χ2v) is 8.15. The first-order valence-corrected chi connectivity index (χ1v) is 7.92. The summed E-state index contributed by atoms with van der Waals surface area (Å²) in [6, 6.07) is 5.33. The van der Waals surface area contributed by atoms with Crippen LogP contribution in [0.25, 0.3) is 0 Å². The minimum atomic E-state index is 0.0616. The zero-order chi connectivity index (χ0) is 13.3. The van der Waals surface area contributed by atoms with Crippen molar-refractivity contribution in [3.05, 3.63) is 33.3 Å². The first kappa shape index (κ1) is 14.2.